The SMILES string of the molecule is Nc1c(-c2cccc(C(F)(F)F)c2)nnn1C=Cc1ccccc1. The van der Waals surface area contributed by atoms with Gasteiger partial charge in [-0.05, 0) is 23.8 Å². The van der Waals surface area contributed by atoms with Gasteiger partial charge in [0, 0.05) is 11.8 Å². The molecular weight excluding hydrogens is 317 g/mol. The lowest BCUT2D eigenvalue weighted by Gasteiger charge is -2.07. The van der Waals surface area contributed by atoms with Crippen LogP contribution in [0.25, 0.3) is 23.5 Å². The van der Waals surface area contributed by atoms with Crippen molar-refractivity contribution >= 4 is 18.1 Å². The van der Waals surface area contributed by atoms with Crippen molar-refractivity contribution in [3.05, 3.63) is 65.7 Å². The molecule has 0 radical (unpaired) electrons. The molecule has 0 amide bonds. The highest BCUT2D eigenvalue weighted by atomic mass is 19.4. The summed E-state index contributed by atoms with van der Waals surface area (Å²) in [6.45, 7) is 0. The van der Waals surface area contributed by atoms with Gasteiger partial charge in [0.25, 0.3) is 0 Å². The Kier molecular flexibility index (Phi) is 4.07. The van der Waals surface area contributed by atoms with E-state index in [2.05, 4.69) is 10.3 Å². The molecule has 0 saturated heterocycles. The molecule has 0 atom stereocenters. The highest BCUT2D eigenvalue weighted by molar-refractivity contribution is 5.73. The van der Waals surface area contributed by atoms with Gasteiger partial charge < -0.3 is 5.73 Å². The number of hydrogen-bond donors (Lipinski definition) is 1. The Hall–Kier alpha value is -3.09. The third-order valence-corrected chi connectivity index (χ3v) is 3.40. The first-order valence-corrected chi connectivity index (χ1v) is 7.07. The number of aromatic nitrogens is 3. The Bertz CT molecular complexity index is 867. The van der Waals surface area contributed by atoms with Crippen molar-refractivity contribution < 1.29 is 13.2 Å². The molecule has 122 valence electrons. The Labute approximate surface area is 136 Å². The smallest absolute Gasteiger partial charge is 0.382 e. The van der Waals surface area contributed by atoms with E-state index in [9.17, 15) is 13.2 Å². The number of nitrogens with zero attached hydrogens (tertiary/aromatic N) is 3. The van der Waals surface area contributed by atoms with Crippen LogP contribution in [-0.4, -0.2) is 15.0 Å². The molecule has 4 nitrogen and oxygen atoms in total. The minimum absolute atomic E-state index is 0.168. The van der Waals surface area contributed by atoms with Crippen molar-refractivity contribution in [1.29, 1.82) is 0 Å². The molecule has 2 aromatic carbocycles. The molecule has 0 aliphatic carbocycles. The molecule has 2 N–H and O–H groups in total. The molecule has 0 saturated carbocycles. The first-order chi connectivity index (χ1) is 11.4. The minimum atomic E-state index is -4.42. The van der Waals surface area contributed by atoms with Crippen LogP contribution in [-0.2, 0) is 6.18 Å². The molecule has 1 aromatic heterocycles. The van der Waals surface area contributed by atoms with E-state index in [0.717, 1.165) is 17.7 Å². The molecule has 0 aliphatic rings. The number of alkyl halides is 3. The van der Waals surface area contributed by atoms with Gasteiger partial charge in [-0.1, -0.05) is 47.7 Å². The normalized spacial score (nSPS) is 12.0. The van der Waals surface area contributed by atoms with Crippen molar-refractivity contribution in [2.75, 3.05) is 5.73 Å². The van der Waals surface area contributed by atoms with E-state index in [-0.39, 0.29) is 17.1 Å². The van der Waals surface area contributed by atoms with Crippen molar-refractivity contribution in [2.24, 2.45) is 0 Å². The largest absolute Gasteiger partial charge is 0.416 e. The first kappa shape index (κ1) is 15.8. The zero-order chi connectivity index (χ0) is 17.2. The van der Waals surface area contributed by atoms with Gasteiger partial charge in [-0.3, -0.25) is 0 Å². The summed E-state index contributed by atoms with van der Waals surface area (Å²) in [7, 11) is 0. The second-order valence-corrected chi connectivity index (χ2v) is 5.07. The van der Waals surface area contributed by atoms with Gasteiger partial charge >= 0.3 is 6.18 Å². The highest BCUT2D eigenvalue weighted by Gasteiger charge is 2.30. The lowest BCUT2D eigenvalue weighted by molar-refractivity contribution is -0.137. The average molecular weight is 330 g/mol. The van der Waals surface area contributed by atoms with E-state index < -0.39 is 11.7 Å². The summed E-state index contributed by atoms with van der Waals surface area (Å²) >= 11 is 0. The molecule has 1 heterocycles. The molecule has 3 rings (SSSR count). The van der Waals surface area contributed by atoms with Crippen LogP contribution >= 0.6 is 0 Å². The highest BCUT2D eigenvalue weighted by Crippen LogP contribution is 2.32. The Morgan fingerprint density at radius 3 is 2.46 bits per heavy atom. The summed E-state index contributed by atoms with van der Waals surface area (Å²) in [6, 6.07) is 14.3. The molecule has 0 fully saturated rings. The van der Waals surface area contributed by atoms with Crippen molar-refractivity contribution in [2.45, 2.75) is 6.18 Å². The van der Waals surface area contributed by atoms with Crippen LogP contribution in [0.3, 0.4) is 0 Å². The zero-order valence-corrected chi connectivity index (χ0v) is 12.4. The topological polar surface area (TPSA) is 56.7 Å². The van der Waals surface area contributed by atoms with Gasteiger partial charge in [0.2, 0.25) is 0 Å². The molecule has 0 spiro atoms. The first-order valence-electron chi connectivity index (χ1n) is 7.07. The Morgan fingerprint density at radius 2 is 1.75 bits per heavy atom. The molecule has 24 heavy (non-hydrogen) atoms. The Balaban J connectivity index is 1.92. The molecule has 0 unspecified atom stereocenters. The van der Waals surface area contributed by atoms with Gasteiger partial charge in [0.05, 0.1) is 5.56 Å². The van der Waals surface area contributed by atoms with Crippen LogP contribution in [0.5, 0.6) is 0 Å². The summed E-state index contributed by atoms with van der Waals surface area (Å²) in [5.74, 6) is 0.168. The van der Waals surface area contributed by atoms with E-state index in [1.54, 1.807) is 12.3 Å². The number of hydrogen-bond acceptors (Lipinski definition) is 3. The molecule has 7 heteroatoms. The number of anilines is 1. The van der Waals surface area contributed by atoms with Crippen LogP contribution in [0.2, 0.25) is 0 Å². The number of nitrogens with two attached hydrogens (primary N) is 1. The van der Waals surface area contributed by atoms with Gasteiger partial charge in [-0.15, -0.1) is 5.10 Å². The summed E-state index contributed by atoms with van der Waals surface area (Å²) < 4.78 is 39.8. The fourth-order valence-electron chi connectivity index (χ4n) is 2.18. The molecule has 0 aliphatic heterocycles. The van der Waals surface area contributed by atoms with Crippen molar-refractivity contribution in [1.82, 2.24) is 15.0 Å². The van der Waals surface area contributed by atoms with Gasteiger partial charge in [0.1, 0.15) is 5.69 Å². The zero-order valence-electron chi connectivity index (χ0n) is 12.4. The maximum absolute atomic E-state index is 12.8. The summed E-state index contributed by atoms with van der Waals surface area (Å²) in [6.07, 6.45) is -1.04. The van der Waals surface area contributed by atoms with Crippen LogP contribution in [0.1, 0.15) is 11.1 Å². The van der Waals surface area contributed by atoms with Crippen molar-refractivity contribution in [3.63, 3.8) is 0 Å². The summed E-state index contributed by atoms with van der Waals surface area (Å²) in [5.41, 5.74) is 6.62. The predicted octanol–water partition coefficient (Wildman–Crippen LogP) is 4.17. The van der Waals surface area contributed by atoms with Gasteiger partial charge in [-0.2, -0.15) is 13.2 Å². The summed E-state index contributed by atoms with van der Waals surface area (Å²) in [5, 5.41) is 7.76. The van der Waals surface area contributed by atoms with Crippen molar-refractivity contribution in [3.8, 4) is 11.3 Å². The standard InChI is InChI=1S/C17H13F3N4/c18-17(19,20)14-8-4-7-13(11-14)15-16(21)24(23-22-15)10-9-12-5-2-1-3-6-12/h1-11H,21H2. The fourth-order valence-corrected chi connectivity index (χ4v) is 2.18. The monoisotopic (exact) mass is 330 g/mol. The quantitative estimate of drug-likeness (QED) is 0.784. The van der Waals surface area contributed by atoms with E-state index in [1.807, 2.05) is 30.3 Å². The van der Waals surface area contributed by atoms with E-state index in [0.29, 0.717) is 0 Å². The predicted molar refractivity (Wildman–Crippen MR) is 86.5 cm³/mol. The van der Waals surface area contributed by atoms with Crippen LogP contribution in [0, 0.1) is 0 Å². The third kappa shape index (κ3) is 3.29. The second-order valence-electron chi connectivity index (χ2n) is 5.07. The number of nitrogen functional groups attached to an aromatic ring is 1. The van der Waals surface area contributed by atoms with Crippen LogP contribution in [0.4, 0.5) is 19.0 Å². The number of rotatable bonds is 3. The van der Waals surface area contributed by atoms with E-state index >= 15 is 0 Å². The number of halogens is 3. The lowest BCUT2D eigenvalue weighted by atomic mass is 10.1. The van der Waals surface area contributed by atoms with Gasteiger partial charge in [-0.25, -0.2) is 4.68 Å². The third-order valence-electron chi connectivity index (χ3n) is 3.40. The van der Waals surface area contributed by atoms with Crippen LogP contribution < -0.4 is 5.73 Å². The van der Waals surface area contributed by atoms with E-state index in [4.69, 9.17) is 5.73 Å². The maximum atomic E-state index is 12.8. The molecule has 3 aromatic rings. The fraction of sp³-hybridized carbons (Fsp3) is 0.0588. The second kappa shape index (κ2) is 6.19. The maximum Gasteiger partial charge on any atom is 0.416 e. The summed E-state index contributed by atoms with van der Waals surface area (Å²) in [4.78, 5) is 0. The minimum Gasteiger partial charge on any atom is -0.382 e. The average Bonchev–Trinajstić information content (AvgIpc) is 2.94. The Morgan fingerprint density at radius 1 is 1.00 bits per heavy atom. The van der Waals surface area contributed by atoms with Gasteiger partial charge in [0.15, 0.2) is 5.82 Å². The molecule has 0 bridgehead atoms. The molecular formula is C17H13F3N4. The lowest BCUT2D eigenvalue weighted by Crippen LogP contribution is -2.04. The number of benzene rings is 2. The van der Waals surface area contributed by atoms with E-state index in [1.165, 1.54) is 16.8 Å². The van der Waals surface area contributed by atoms with Crippen LogP contribution in [0.15, 0.2) is 54.6 Å².